The Morgan fingerprint density at radius 3 is 1.84 bits per heavy atom. The fourth-order valence-electron chi connectivity index (χ4n) is 5.66. The van der Waals surface area contributed by atoms with Gasteiger partial charge in [-0.2, -0.15) is 0 Å². The lowest BCUT2D eigenvalue weighted by molar-refractivity contribution is -0.870. The number of aliphatic hydroxyl groups excluding tert-OH is 1. The van der Waals surface area contributed by atoms with E-state index in [1.165, 1.54) is 70.6 Å². The lowest BCUT2D eigenvalue weighted by Crippen LogP contribution is -2.37. The maximum Gasteiger partial charge on any atom is 0.306 e. The molecule has 10 nitrogen and oxygen atoms in total. The highest BCUT2D eigenvalue weighted by atomic mass is 31.2. The van der Waals surface area contributed by atoms with Gasteiger partial charge in [0, 0.05) is 12.8 Å². The van der Waals surface area contributed by atoms with Crippen LogP contribution in [-0.2, 0) is 32.7 Å². The lowest BCUT2D eigenvalue weighted by Gasteiger charge is -2.28. The van der Waals surface area contributed by atoms with Gasteiger partial charge in [-0.25, -0.2) is 0 Å². The van der Waals surface area contributed by atoms with E-state index >= 15 is 0 Å². The van der Waals surface area contributed by atoms with E-state index < -0.39 is 38.6 Å². The van der Waals surface area contributed by atoms with Crippen molar-refractivity contribution in [3.63, 3.8) is 0 Å². The van der Waals surface area contributed by atoms with Crippen molar-refractivity contribution in [3.05, 3.63) is 60.8 Å². The van der Waals surface area contributed by atoms with E-state index in [0.29, 0.717) is 36.7 Å². The molecule has 57 heavy (non-hydrogen) atoms. The van der Waals surface area contributed by atoms with Gasteiger partial charge in [-0.05, 0) is 44.9 Å². The summed E-state index contributed by atoms with van der Waals surface area (Å²) in [6, 6.07) is 0. The van der Waals surface area contributed by atoms with Gasteiger partial charge in [0.1, 0.15) is 19.8 Å². The average molecular weight is 824 g/mol. The first kappa shape index (κ1) is 54.7. The number of unbranched alkanes of at least 4 members (excludes halogenated alkanes) is 15. The third kappa shape index (κ3) is 41.6. The zero-order valence-corrected chi connectivity index (χ0v) is 37.5. The minimum atomic E-state index is -4.65. The number of carbonyl (C=O) groups excluding carboxylic acids is 2. The van der Waals surface area contributed by atoms with Crippen LogP contribution in [0.2, 0.25) is 0 Å². The molecule has 0 aromatic rings. The van der Waals surface area contributed by atoms with Crippen molar-refractivity contribution in [1.29, 1.82) is 0 Å². The van der Waals surface area contributed by atoms with Crippen molar-refractivity contribution < 1.29 is 47.2 Å². The summed E-state index contributed by atoms with van der Waals surface area (Å²) in [5, 5.41) is 10.0. The van der Waals surface area contributed by atoms with Crippen molar-refractivity contribution in [3.8, 4) is 0 Å². The molecule has 0 aliphatic rings. The Bertz CT molecular complexity index is 1170. The van der Waals surface area contributed by atoms with Gasteiger partial charge < -0.3 is 33.0 Å². The lowest BCUT2D eigenvalue weighted by atomic mass is 10.0. The average Bonchev–Trinajstić information content (AvgIpc) is 3.15. The van der Waals surface area contributed by atoms with E-state index in [1.807, 2.05) is 57.6 Å². The molecule has 0 aliphatic carbocycles. The Labute approximate surface area is 348 Å². The Morgan fingerprint density at radius 2 is 1.23 bits per heavy atom. The molecule has 0 aromatic carbocycles. The third-order valence-electron chi connectivity index (χ3n) is 9.13. The number of allylic oxidation sites excluding steroid dienone is 8. The summed E-state index contributed by atoms with van der Waals surface area (Å²) in [6.45, 7) is 3.95. The number of hydrogen-bond donors (Lipinski definition) is 1. The molecule has 0 radical (unpaired) electrons. The predicted molar refractivity (Wildman–Crippen MR) is 232 cm³/mol. The number of esters is 2. The van der Waals surface area contributed by atoms with Crippen molar-refractivity contribution in [2.24, 2.45) is 0 Å². The highest BCUT2D eigenvalue weighted by molar-refractivity contribution is 7.45. The van der Waals surface area contributed by atoms with Crippen LogP contribution >= 0.6 is 7.82 Å². The topological polar surface area (TPSA) is 131 Å². The molecule has 0 saturated heterocycles. The van der Waals surface area contributed by atoms with Gasteiger partial charge >= 0.3 is 11.9 Å². The molecule has 0 heterocycles. The van der Waals surface area contributed by atoms with E-state index in [-0.39, 0.29) is 26.1 Å². The van der Waals surface area contributed by atoms with Crippen LogP contribution < -0.4 is 4.89 Å². The molecule has 0 aliphatic heterocycles. The number of quaternary nitrogens is 1. The molecule has 0 aromatic heterocycles. The minimum absolute atomic E-state index is 0.0510. The second kappa shape index (κ2) is 37.9. The molecule has 1 N–H and O–H groups in total. The first-order valence-corrected chi connectivity index (χ1v) is 23.6. The number of hydrogen-bond acceptors (Lipinski definition) is 9. The van der Waals surface area contributed by atoms with Crippen LogP contribution in [0.15, 0.2) is 60.8 Å². The van der Waals surface area contributed by atoms with Gasteiger partial charge in [0.05, 0.1) is 33.9 Å². The minimum Gasteiger partial charge on any atom is -0.756 e. The van der Waals surface area contributed by atoms with Gasteiger partial charge in [-0.3, -0.25) is 14.2 Å². The van der Waals surface area contributed by atoms with Crippen LogP contribution in [0, 0.1) is 0 Å². The highest BCUT2D eigenvalue weighted by Crippen LogP contribution is 2.38. The normalized spacial score (nSPS) is 14.7. The highest BCUT2D eigenvalue weighted by Gasteiger charge is 2.21. The first-order chi connectivity index (χ1) is 27.4. The maximum absolute atomic E-state index is 12.7. The molecule has 330 valence electrons. The van der Waals surface area contributed by atoms with Crippen LogP contribution in [0.3, 0.4) is 0 Å². The van der Waals surface area contributed by atoms with Gasteiger partial charge in [-0.1, -0.05) is 164 Å². The van der Waals surface area contributed by atoms with Gasteiger partial charge in [0.25, 0.3) is 7.82 Å². The SMILES string of the molecule is CC/C=C\C/C=C\CC(O)/C=C/C=C\C/C=C\CCCC(=O)OC[C@H](COP(=O)([O-])OCC[N+](C)(C)C)OC(=O)CCCCCCCCCCCCCCCCC. The summed E-state index contributed by atoms with van der Waals surface area (Å²) in [6.07, 6.45) is 41.4. The Kier molecular flexibility index (Phi) is 36.4. The van der Waals surface area contributed by atoms with Crippen LogP contribution in [0.5, 0.6) is 0 Å². The number of likely N-dealkylation sites (N-methyl/N-ethyl adjacent to an activating group) is 1. The van der Waals surface area contributed by atoms with Crippen LogP contribution in [0.1, 0.15) is 162 Å². The molecule has 0 saturated carbocycles. The summed E-state index contributed by atoms with van der Waals surface area (Å²) in [5.74, 6) is -0.942. The predicted octanol–water partition coefficient (Wildman–Crippen LogP) is 10.8. The Morgan fingerprint density at radius 1 is 0.667 bits per heavy atom. The van der Waals surface area contributed by atoms with E-state index in [4.69, 9.17) is 18.5 Å². The zero-order valence-electron chi connectivity index (χ0n) is 36.6. The molecule has 0 rings (SSSR count). The van der Waals surface area contributed by atoms with Crippen LogP contribution in [-0.4, -0.2) is 81.2 Å². The van der Waals surface area contributed by atoms with Crippen molar-refractivity contribution in [1.82, 2.24) is 0 Å². The molecular formula is C46H82NO9P. The molecule has 11 heteroatoms. The second-order valence-electron chi connectivity index (χ2n) is 15.9. The zero-order chi connectivity index (χ0) is 42.3. The fourth-order valence-corrected chi connectivity index (χ4v) is 6.38. The number of nitrogens with zero attached hydrogens (tertiary/aromatic N) is 1. The molecule has 0 spiro atoms. The summed E-state index contributed by atoms with van der Waals surface area (Å²) in [4.78, 5) is 37.5. The quantitative estimate of drug-likeness (QED) is 0.0161. The number of carbonyl (C=O) groups is 2. The largest absolute Gasteiger partial charge is 0.756 e. The monoisotopic (exact) mass is 824 g/mol. The third-order valence-corrected chi connectivity index (χ3v) is 10.1. The van der Waals surface area contributed by atoms with Crippen molar-refractivity contribution in [2.45, 2.75) is 174 Å². The van der Waals surface area contributed by atoms with Gasteiger partial charge in [0.15, 0.2) is 6.10 Å². The number of aliphatic hydroxyl groups is 1. The first-order valence-electron chi connectivity index (χ1n) is 22.1. The molecule has 3 atom stereocenters. The number of phosphoric ester groups is 1. The van der Waals surface area contributed by atoms with Gasteiger partial charge in [0.2, 0.25) is 0 Å². The summed E-state index contributed by atoms with van der Waals surface area (Å²) in [5.41, 5.74) is 0. The summed E-state index contributed by atoms with van der Waals surface area (Å²) in [7, 11) is 1.10. The maximum atomic E-state index is 12.7. The number of ether oxygens (including phenoxy) is 2. The van der Waals surface area contributed by atoms with E-state index in [1.54, 1.807) is 6.08 Å². The van der Waals surface area contributed by atoms with Crippen molar-refractivity contribution in [2.75, 3.05) is 47.5 Å². The van der Waals surface area contributed by atoms with Crippen LogP contribution in [0.4, 0.5) is 0 Å². The molecular weight excluding hydrogens is 741 g/mol. The molecule has 2 unspecified atom stereocenters. The molecule has 0 fully saturated rings. The molecule has 0 bridgehead atoms. The number of rotatable bonds is 39. The smallest absolute Gasteiger partial charge is 0.306 e. The van der Waals surface area contributed by atoms with Crippen LogP contribution in [0.25, 0.3) is 0 Å². The second-order valence-corrected chi connectivity index (χ2v) is 17.3. The Balaban J connectivity index is 4.51. The van der Waals surface area contributed by atoms with E-state index in [0.717, 1.165) is 38.5 Å². The summed E-state index contributed by atoms with van der Waals surface area (Å²) < 4.78 is 33.8. The molecule has 0 amide bonds. The van der Waals surface area contributed by atoms with E-state index in [9.17, 15) is 24.2 Å². The fraction of sp³-hybridized carbons (Fsp3) is 0.739. The van der Waals surface area contributed by atoms with E-state index in [2.05, 4.69) is 32.1 Å². The van der Waals surface area contributed by atoms with Gasteiger partial charge in [-0.15, -0.1) is 0 Å². The standard InChI is InChI=1S/C46H82NO9P/c1-6-8-10-12-14-15-16-17-18-19-20-21-26-30-34-38-46(50)56-44(42-55-57(51,52)54-40-39-47(3,4)5)41-53-45(49)37-33-29-25-23-22-24-28-32-36-43(48)35-31-27-13-11-9-7-2/h9,11,23-25,27-28,31-32,36,43-44,48H,6-8,10,12-22,26,29-30,33-35,37-42H2,1-5H3/b11-9-,25-23-,28-24-,31-27-,36-32+/t43?,44-/m1/s1. The number of phosphoric acid groups is 1. The Hall–Kier alpha value is -2.33. The summed E-state index contributed by atoms with van der Waals surface area (Å²) >= 11 is 0. The van der Waals surface area contributed by atoms with Crippen molar-refractivity contribution >= 4 is 19.8 Å².